The van der Waals surface area contributed by atoms with E-state index in [1.54, 1.807) is 17.4 Å². The van der Waals surface area contributed by atoms with Crippen LogP contribution in [0, 0.1) is 0 Å². The average Bonchev–Trinajstić information content (AvgIpc) is 3.09. The van der Waals surface area contributed by atoms with Crippen LogP contribution >= 0.6 is 11.3 Å². The number of aromatic nitrogens is 1. The van der Waals surface area contributed by atoms with Gasteiger partial charge in [-0.3, -0.25) is 0 Å². The number of hydrogen-bond donors (Lipinski definition) is 1. The third kappa shape index (κ3) is 2.70. The van der Waals surface area contributed by atoms with Gasteiger partial charge in [0.15, 0.2) is 0 Å². The van der Waals surface area contributed by atoms with Crippen molar-refractivity contribution in [3.63, 3.8) is 0 Å². The van der Waals surface area contributed by atoms with Crippen LogP contribution in [-0.2, 0) is 0 Å². The second kappa shape index (κ2) is 6.30. The van der Waals surface area contributed by atoms with Crippen LogP contribution < -0.4 is 0 Å². The van der Waals surface area contributed by atoms with Crippen molar-refractivity contribution in [2.24, 2.45) is 0 Å². The average molecular weight is 329 g/mol. The number of aromatic hydroxyl groups is 1. The maximum absolute atomic E-state index is 10.2. The van der Waals surface area contributed by atoms with Crippen molar-refractivity contribution in [2.45, 2.75) is 0 Å². The van der Waals surface area contributed by atoms with Crippen molar-refractivity contribution in [1.82, 2.24) is 4.98 Å². The van der Waals surface area contributed by atoms with Crippen LogP contribution in [-0.4, -0.2) is 10.1 Å². The fraction of sp³-hybridized carbons (Fsp3) is 0. The van der Waals surface area contributed by atoms with Gasteiger partial charge < -0.3 is 5.11 Å². The van der Waals surface area contributed by atoms with Crippen molar-refractivity contribution < 1.29 is 5.11 Å². The molecule has 0 bridgehead atoms. The molecule has 0 fully saturated rings. The van der Waals surface area contributed by atoms with E-state index in [1.165, 1.54) is 0 Å². The molecule has 0 atom stereocenters. The molecule has 0 amide bonds. The smallest absolute Gasteiger partial charge is 0.128 e. The lowest BCUT2D eigenvalue weighted by molar-refractivity contribution is 0.477. The van der Waals surface area contributed by atoms with Gasteiger partial charge in [0.05, 0.1) is 16.1 Å². The van der Waals surface area contributed by atoms with Gasteiger partial charge in [0.2, 0.25) is 0 Å². The standard InChI is InChI=1S/C21H15NOS/c23-18-14-8-7-13-17(18)21-22-19(15-9-3-1-4-10-15)20(24-21)16-11-5-2-6-12-16/h1-14,23H. The summed E-state index contributed by atoms with van der Waals surface area (Å²) in [5.41, 5.74) is 3.93. The molecule has 0 aliphatic rings. The second-order valence-electron chi connectivity index (χ2n) is 5.45. The summed E-state index contributed by atoms with van der Waals surface area (Å²) in [6.07, 6.45) is 0. The van der Waals surface area contributed by atoms with Gasteiger partial charge in [-0.25, -0.2) is 4.98 Å². The molecule has 0 unspecified atom stereocenters. The van der Waals surface area contributed by atoms with Crippen molar-refractivity contribution in [3.8, 4) is 38.0 Å². The Balaban J connectivity index is 1.94. The first kappa shape index (κ1) is 14.7. The lowest BCUT2D eigenvalue weighted by Gasteiger charge is -2.02. The van der Waals surface area contributed by atoms with E-state index in [9.17, 15) is 5.11 Å². The third-order valence-corrected chi connectivity index (χ3v) is 4.98. The van der Waals surface area contributed by atoms with Gasteiger partial charge in [0.1, 0.15) is 10.8 Å². The van der Waals surface area contributed by atoms with E-state index in [0.717, 1.165) is 32.3 Å². The predicted octanol–water partition coefficient (Wildman–Crippen LogP) is 5.85. The minimum absolute atomic E-state index is 0.255. The van der Waals surface area contributed by atoms with Gasteiger partial charge in [-0.05, 0) is 17.7 Å². The van der Waals surface area contributed by atoms with Crippen LogP contribution in [0.15, 0.2) is 84.9 Å². The molecule has 1 N–H and O–H groups in total. The minimum Gasteiger partial charge on any atom is -0.507 e. The maximum Gasteiger partial charge on any atom is 0.128 e. The number of hydrogen-bond acceptors (Lipinski definition) is 3. The molecule has 116 valence electrons. The summed E-state index contributed by atoms with van der Waals surface area (Å²) in [7, 11) is 0. The van der Waals surface area contributed by atoms with Crippen LogP contribution in [0.2, 0.25) is 0 Å². The second-order valence-corrected chi connectivity index (χ2v) is 6.45. The zero-order chi connectivity index (χ0) is 16.4. The molecule has 4 aromatic rings. The van der Waals surface area contributed by atoms with Crippen LogP contribution in [0.1, 0.15) is 0 Å². The SMILES string of the molecule is Oc1ccccc1-c1nc(-c2ccccc2)c(-c2ccccc2)s1. The summed E-state index contributed by atoms with van der Waals surface area (Å²) in [6, 6.07) is 27.8. The molecule has 0 radical (unpaired) electrons. The molecule has 1 heterocycles. The van der Waals surface area contributed by atoms with Crippen molar-refractivity contribution >= 4 is 11.3 Å². The normalized spacial score (nSPS) is 10.7. The Hall–Kier alpha value is -2.91. The Kier molecular flexibility index (Phi) is 3.85. The predicted molar refractivity (Wildman–Crippen MR) is 100 cm³/mol. The van der Waals surface area contributed by atoms with Gasteiger partial charge in [-0.2, -0.15) is 0 Å². The summed E-state index contributed by atoms with van der Waals surface area (Å²) in [4.78, 5) is 5.96. The highest BCUT2D eigenvalue weighted by atomic mass is 32.1. The Morgan fingerprint density at radius 2 is 1.25 bits per heavy atom. The fourth-order valence-corrected chi connectivity index (χ4v) is 3.79. The zero-order valence-electron chi connectivity index (χ0n) is 12.9. The Bertz CT molecular complexity index is 905. The first-order valence-electron chi connectivity index (χ1n) is 7.73. The van der Waals surface area contributed by atoms with Gasteiger partial charge in [0, 0.05) is 5.56 Å². The Labute approximate surface area is 144 Å². The quantitative estimate of drug-likeness (QED) is 0.511. The molecule has 2 nitrogen and oxygen atoms in total. The summed E-state index contributed by atoms with van der Waals surface area (Å²) >= 11 is 1.60. The number of rotatable bonds is 3. The molecular weight excluding hydrogens is 314 g/mol. The largest absolute Gasteiger partial charge is 0.507 e. The topological polar surface area (TPSA) is 33.1 Å². The van der Waals surface area contributed by atoms with Crippen molar-refractivity contribution in [1.29, 1.82) is 0 Å². The fourth-order valence-electron chi connectivity index (χ4n) is 2.67. The number of phenolic OH excluding ortho intramolecular Hbond substituents is 1. The zero-order valence-corrected chi connectivity index (χ0v) is 13.7. The number of thiazole rings is 1. The minimum atomic E-state index is 0.255. The van der Waals surface area contributed by atoms with Crippen LogP contribution in [0.5, 0.6) is 5.75 Å². The molecule has 24 heavy (non-hydrogen) atoms. The molecule has 0 saturated carbocycles. The van der Waals surface area contributed by atoms with Crippen molar-refractivity contribution in [3.05, 3.63) is 84.9 Å². The van der Waals surface area contributed by atoms with E-state index in [2.05, 4.69) is 24.3 Å². The van der Waals surface area contributed by atoms with Gasteiger partial charge >= 0.3 is 0 Å². The monoisotopic (exact) mass is 329 g/mol. The van der Waals surface area contributed by atoms with E-state index >= 15 is 0 Å². The molecular formula is C21H15NOS. The van der Waals surface area contributed by atoms with E-state index < -0.39 is 0 Å². The molecule has 1 aromatic heterocycles. The van der Waals surface area contributed by atoms with Crippen LogP contribution in [0.25, 0.3) is 32.3 Å². The van der Waals surface area contributed by atoms with E-state index in [0.29, 0.717) is 0 Å². The van der Waals surface area contributed by atoms with E-state index in [-0.39, 0.29) is 5.75 Å². The molecule has 0 spiro atoms. The molecule has 3 heteroatoms. The number of phenols is 1. The molecule has 0 aliphatic heterocycles. The number of benzene rings is 3. The van der Waals surface area contributed by atoms with Crippen LogP contribution in [0.3, 0.4) is 0 Å². The molecule has 4 rings (SSSR count). The van der Waals surface area contributed by atoms with Crippen LogP contribution in [0.4, 0.5) is 0 Å². The number of para-hydroxylation sites is 1. The third-order valence-electron chi connectivity index (χ3n) is 3.84. The molecule has 3 aromatic carbocycles. The highest BCUT2D eigenvalue weighted by Crippen LogP contribution is 2.42. The highest BCUT2D eigenvalue weighted by Gasteiger charge is 2.17. The lowest BCUT2D eigenvalue weighted by Crippen LogP contribution is -1.82. The summed E-state index contributed by atoms with van der Waals surface area (Å²) < 4.78 is 0. The van der Waals surface area contributed by atoms with Crippen molar-refractivity contribution in [2.75, 3.05) is 0 Å². The summed E-state index contributed by atoms with van der Waals surface area (Å²) in [5, 5.41) is 11.0. The van der Waals surface area contributed by atoms with Gasteiger partial charge in [-0.15, -0.1) is 11.3 Å². The molecule has 0 aliphatic carbocycles. The first-order valence-corrected chi connectivity index (χ1v) is 8.54. The maximum atomic E-state index is 10.2. The summed E-state index contributed by atoms with van der Waals surface area (Å²) in [5.74, 6) is 0.255. The lowest BCUT2D eigenvalue weighted by atomic mass is 10.1. The highest BCUT2D eigenvalue weighted by molar-refractivity contribution is 7.19. The molecule has 0 saturated heterocycles. The van der Waals surface area contributed by atoms with E-state index in [1.807, 2.05) is 54.6 Å². The first-order chi connectivity index (χ1) is 11.8. The van der Waals surface area contributed by atoms with E-state index in [4.69, 9.17) is 4.98 Å². The Morgan fingerprint density at radius 3 is 1.92 bits per heavy atom. The summed E-state index contributed by atoms with van der Waals surface area (Å²) in [6.45, 7) is 0. The van der Waals surface area contributed by atoms with Gasteiger partial charge in [-0.1, -0.05) is 72.8 Å². The number of nitrogens with zero attached hydrogens (tertiary/aromatic N) is 1. The Morgan fingerprint density at radius 1 is 0.667 bits per heavy atom. The van der Waals surface area contributed by atoms with Gasteiger partial charge in [0.25, 0.3) is 0 Å².